The summed E-state index contributed by atoms with van der Waals surface area (Å²) < 4.78 is 0. The highest BCUT2D eigenvalue weighted by atomic mass is 35.5. The molecule has 3 nitrogen and oxygen atoms in total. The Kier molecular flexibility index (Phi) is 3.49. The van der Waals surface area contributed by atoms with Gasteiger partial charge in [0.05, 0.1) is 29.2 Å². The molecule has 5 heteroatoms. The molecule has 0 amide bonds. The molecular weight excluding hydrogens is 209 g/mol. The number of halogens is 2. The summed E-state index contributed by atoms with van der Waals surface area (Å²) in [5, 5.41) is 9.19. The summed E-state index contributed by atoms with van der Waals surface area (Å²) in [7, 11) is 0. The van der Waals surface area contributed by atoms with Crippen LogP contribution in [0, 0.1) is 11.3 Å². The largest absolute Gasteiger partial charge is 0.322 e. The molecule has 1 aromatic heterocycles. The molecule has 68 valence electrons. The molecule has 13 heavy (non-hydrogen) atoms. The van der Waals surface area contributed by atoms with Crippen LogP contribution in [0.3, 0.4) is 0 Å². The van der Waals surface area contributed by atoms with E-state index in [-0.39, 0.29) is 6.42 Å². The molecule has 1 atom stereocenters. The number of pyridine rings is 1. The maximum Gasteiger partial charge on any atom is 0.129 e. The van der Waals surface area contributed by atoms with Gasteiger partial charge in [-0.3, -0.25) is 0 Å². The van der Waals surface area contributed by atoms with Crippen molar-refractivity contribution >= 4 is 23.2 Å². The third-order valence-corrected chi connectivity index (χ3v) is 2.03. The highest BCUT2D eigenvalue weighted by Gasteiger charge is 2.11. The lowest BCUT2D eigenvalue weighted by molar-refractivity contribution is 0.720. The van der Waals surface area contributed by atoms with Crippen LogP contribution in [0.25, 0.3) is 0 Å². The van der Waals surface area contributed by atoms with Crippen LogP contribution in [-0.2, 0) is 0 Å². The summed E-state index contributed by atoms with van der Waals surface area (Å²) in [6.07, 6.45) is 0.174. The Balaban J connectivity index is 3.00. The SMILES string of the molecule is N#CC[C@H](N)c1nc(Cl)ccc1Cl. The van der Waals surface area contributed by atoms with Gasteiger partial charge in [-0.1, -0.05) is 23.2 Å². The van der Waals surface area contributed by atoms with Gasteiger partial charge in [0.15, 0.2) is 0 Å². The number of hydrogen-bond donors (Lipinski definition) is 1. The van der Waals surface area contributed by atoms with E-state index in [0.717, 1.165) is 0 Å². The minimum atomic E-state index is -0.476. The fourth-order valence-electron chi connectivity index (χ4n) is 0.888. The number of hydrogen-bond acceptors (Lipinski definition) is 3. The van der Waals surface area contributed by atoms with E-state index in [1.807, 2.05) is 6.07 Å². The molecule has 0 saturated heterocycles. The zero-order chi connectivity index (χ0) is 9.84. The molecule has 1 heterocycles. The van der Waals surface area contributed by atoms with Crippen LogP contribution in [0.1, 0.15) is 18.2 Å². The van der Waals surface area contributed by atoms with E-state index in [0.29, 0.717) is 15.9 Å². The summed E-state index contributed by atoms with van der Waals surface area (Å²) in [6.45, 7) is 0. The minimum absolute atomic E-state index is 0.174. The Morgan fingerprint density at radius 2 is 2.23 bits per heavy atom. The second-order valence-corrected chi connectivity index (χ2v) is 3.26. The van der Waals surface area contributed by atoms with E-state index in [9.17, 15) is 0 Å². The quantitative estimate of drug-likeness (QED) is 0.771. The van der Waals surface area contributed by atoms with Crippen LogP contribution < -0.4 is 5.73 Å². The van der Waals surface area contributed by atoms with E-state index in [4.69, 9.17) is 34.2 Å². The summed E-state index contributed by atoms with van der Waals surface area (Å²) in [4.78, 5) is 3.95. The molecule has 0 aliphatic heterocycles. The third kappa shape index (κ3) is 2.56. The molecule has 0 aliphatic rings. The van der Waals surface area contributed by atoms with Gasteiger partial charge >= 0.3 is 0 Å². The van der Waals surface area contributed by atoms with Gasteiger partial charge in [0.2, 0.25) is 0 Å². The number of rotatable bonds is 2. The van der Waals surface area contributed by atoms with Gasteiger partial charge in [0.1, 0.15) is 5.15 Å². The van der Waals surface area contributed by atoms with Crippen molar-refractivity contribution in [1.29, 1.82) is 5.26 Å². The minimum Gasteiger partial charge on any atom is -0.322 e. The molecule has 1 rings (SSSR count). The fraction of sp³-hybridized carbons (Fsp3) is 0.250. The van der Waals surface area contributed by atoms with Gasteiger partial charge in [-0.05, 0) is 12.1 Å². The van der Waals surface area contributed by atoms with Crippen molar-refractivity contribution < 1.29 is 0 Å². The molecule has 0 spiro atoms. The molecule has 0 saturated carbocycles. The molecule has 0 fully saturated rings. The summed E-state index contributed by atoms with van der Waals surface area (Å²) in [5.74, 6) is 0. The fourth-order valence-corrected chi connectivity index (χ4v) is 1.29. The van der Waals surface area contributed by atoms with Crippen LogP contribution in [0.15, 0.2) is 12.1 Å². The first-order valence-corrected chi connectivity index (χ1v) is 4.35. The average Bonchev–Trinajstić information content (AvgIpc) is 2.09. The standard InChI is InChI=1S/C8H7Cl2N3/c9-5-1-2-7(10)13-8(5)6(12)3-4-11/h1-2,6H,3,12H2/t6-/m0/s1. The van der Waals surface area contributed by atoms with E-state index in [2.05, 4.69) is 4.98 Å². The third-order valence-electron chi connectivity index (χ3n) is 1.50. The summed E-state index contributed by atoms with van der Waals surface area (Å²) in [5.41, 5.74) is 6.12. The van der Waals surface area contributed by atoms with Gasteiger partial charge in [-0.2, -0.15) is 5.26 Å². The van der Waals surface area contributed by atoms with Crippen molar-refractivity contribution in [2.24, 2.45) is 5.73 Å². The van der Waals surface area contributed by atoms with Crippen LogP contribution in [0.5, 0.6) is 0 Å². The predicted molar refractivity (Wildman–Crippen MR) is 51.4 cm³/mol. The van der Waals surface area contributed by atoms with E-state index >= 15 is 0 Å². The van der Waals surface area contributed by atoms with Crippen molar-refractivity contribution in [3.63, 3.8) is 0 Å². The first-order chi connectivity index (χ1) is 6.15. The Morgan fingerprint density at radius 3 is 2.85 bits per heavy atom. The van der Waals surface area contributed by atoms with Crippen LogP contribution in [0.2, 0.25) is 10.2 Å². The predicted octanol–water partition coefficient (Wildman–Crippen LogP) is 2.30. The van der Waals surface area contributed by atoms with Crippen molar-refractivity contribution in [2.45, 2.75) is 12.5 Å². The maximum absolute atomic E-state index is 8.42. The van der Waals surface area contributed by atoms with E-state index in [1.165, 1.54) is 0 Å². The Labute approximate surface area is 86.1 Å². The number of nitrogens with two attached hydrogens (primary N) is 1. The monoisotopic (exact) mass is 215 g/mol. The second kappa shape index (κ2) is 4.43. The lowest BCUT2D eigenvalue weighted by Crippen LogP contribution is -2.11. The highest BCUT2D eigenvalue weighted by molar-refractivity contribution is 6.32. The van der Waals surface area contributed by atoms with Crippen molar-refractivity contribution in [3.05, 3.63) is 28.0 Å². The van der Waals surface area contributed by atoms with Gasteiger partial charge < -0.3 is 5.73 Å². The summed E-state index contributed by atoms with van der Waals surface area (Å²) in [6, 6.07) is 4.66. The summed E-state index contributed by atoms with van der Waals surface area (Å²) >= 11 is 11.5. The maximum atomic E-state index is 8.42. The molecule has 0 bridgehead atoms. The average molecular weight is 216 g/mol. The lowest BCUT2D eigenvalue weighted by Gasteiger charge is -2.08. The van der Waals surface area contributed by atoms with E-state index < -0.39 is 6.04 Å². The highest BCUT2D eigenvalue weighted by Crippen LogP contribution is 2.22. The smallest absolute Gasteiger partial charge is 0.129 e. The van der Waals surface area contributed by atoms with E-state index in [1.54, 1.807) is 12.1 Å². The molecule has 2 N–H and O–H groups in total. The number of aromatic nitrogens is 1. The Hall–Kier alpha value is -0.820. The molecule has 1 aromatic rings. The molecular formula is C8H7Cl2N3. The number of nitrogens with zero attached hydrogens (tertiary/aromatic N) is 2. The molecule has 0 radical (unpaired) electrons. The second-order valence-electron chi connectivity index (χ2n) is 2.47. The van der Waals surface area contributed by atoms with Crippen molar-refractivity contribution in [3.8, 4) is 6.07 Å². The van der Waals surface area contributed by atoms with Crippen molar-refractivity contribution in [1.82, 2.24) is 4.98 Å². The zero-order valence-electron chi connectivity index (χ0n) is 6.67. The zero-order valence-corrected chi connectivity index (χ0v) is 8.18. The first-order valence-electron chi connectivity index (χ1n) is 3.59. The van der Waals surface area contributed by atoms with Crippen molar-refractivity contribution in [2.75, 3.05) is 0 Å². The van der Waals surface area contributed by atoms with Gasteiger partial charge in [-0.25, -0.2) is 4.98 Å². The van der Waals surface area contributed by atoms with Gasteiger partial charge in [-0.15, -0.1) is 0 Å². The van der Waals surface area contributed by atoms with Gasteiger partial charge in [0.25, 0.3) is 0 Å². The first kappa shape index (κ1) is 10.3. The Bertz CT molecular complexity index is 346. The van der Waals surface area contributed by atoms with Crippen LogP contribution in [-0.4, -0.2) is 4.98 Å². The van der Waals surface area contributed by atoms with Crippen LogP contribution >= 0.6 is 23.2 Å². The Morgan fingerprint density at radius 1 is 1.54 bits per heavy atom. The normalized spacial score (nSPS) is 12.2. The topological polar surface area (TPSA) is 62.7 Å². The number of nitriles is 1. The lowest BCUT2D eigenvalue weighted by atomic mass is 10.1. The molecule has 0 unspecified atom stereocenters. The van der Waals surface area contributed by atoms with Crippen LogP contribution in [0.4, 0.5) is 0 Å². The molecule has 0 aromatic carbocycles. The molecule has 0 aliphatic carbocycles. The van der Waals surface area contributed by atoms with Gasteiger partial charge in [0, 0.05) is 0 Å².